The van der Waals surface area contributed by atoms with E-state index < -0.39 is 6.36 Å². The van der Waals surface area contributed by atoms with Crippen LogP contribution in [-0.4, -0.2) is 12.7 Å². The maximum Gasteiger partial charge on any atom is 0.573 e. The van der Waals surface area contributed by atoms with Gasteiger partial charge in [0, 0.05) is 0 Å². The van der Waals surface area contributed by atoms with E-state index in [1.165, 1.54) is 24.3 Å². The molecule has 2 aromatic carbocycles. The zero-order valence-electron chi connectivity index (χ0n) is 12.2. The van der Waals surface area contributed by atoms with Gasteiger partial charge in [-0.15, -0.1) is 13.2 Å². The molecule has 0 saturated heterocycles. The smallest absolute Gasteiger partial charge is 0.406 e. The fraction of sp³-hybridized carbons (Fsp3) is 0.188. The molecule has 0 aliphatic carbocycles. The van der Waals surface area contributed by atoms with Crippen molar-refractivity contribution in [2.75, 3.05) is 5.01 Å². The van der Waals surface area contributed by atoms with Crippen molar-refractivity contribution in [1.29, 1.82) is 0 Å². The number of alkyl halides is 3. The van der Waals surface area contributed by atoms with E-state index in [9.17, 15) is 13.2 Å². The Kier molecular flexibility index (Phi) is 3.96. The third-order valence-corrected chi connectivity index (χ3v) is 3.33. The molecule has 0 bridgehead atoms. The highest BCUT2D eigenvalue weighted by Crippen LogP contribution is 2.27. The number of nitrogens with one attached hydrogen (secondary N) is 1. The summed E-state index contributed by atoms with van der Waals surface area (Å²) in [6.45, 7) is 2.01. The number of aliphatic imine (C=N–C) groups is 1. The molecule has 1 N–H and O–H groups in total. The summed E-state index contributed by atoms with van der Waals surface area (Å²) in [4.78, 5) is 4.35. The number of nitrogens with zero attached hydrogens (tertiary/aromatic N) is 2. The first-order valence-electron chi connectivity index (χ1n) is 6.92. The van der Waals surface area contributed by atoms with Crippen LogP contribution in [0.4, 0.5) is 18.9 Å². The van der Waals surface area contributed by atoms with Crippen molar-refractivity contribution in [3.8, 4) is 5.75 Å². The van der Waals surface area contributed by atoms with E-state index in [2.05, 4.69) is 15.2 Å². The first kappa shape index (κ1) is 15.4. The monoisotopic (exact) mass is 321 g/mol. The summed E-state index contributed by atoms with van der Waals surface area (Å²) in [6, 6.07) is 13.5. The lowest BCUT2D eigenvalue weighted by atomic mass is 10.1. The van der Waals surface area contributed by atoms with Crippen molar-refractivity contribution < 1.29 is 17.9 Å². The SMILES string of the molecule is Cc1ccc(C2N=CN(c3ccc(OC(F)(F)F)cc3)N2)cc1. The summed E-state index contributed by atoms with van der Waals surface area (Å²) >= 11 is 0. The molecule has 0 spiro atoms. The number of benzene rings is 2. The topological polar surface area (TPSA) is 36.9 Å². The Morgan fingerprint density at radius 3 is 2.30 bits per heavy atom. The number of halogens is 3. The molecule has 4 nitrogen and oxygen atoms in total. The molecule has 1 atom stereocenters. The van der Waals surface area contributed by atoms with Crippen molar-refractivity contribution >= 4 is 12.0 Å². The van der Waals surface area contributed by atoms with Gasteiger partial charge in [-0.3, -0.25) is 5.01 Å². The van der Waals surface area contributed by atoms with Crippen molar-refractivity contribution in [3.63, 3.8) is 0 Å². The molecule has 3 rings (SSSR count). The lowest BCUT2D eigenvalue weighted by Gasteiger charge is -2.18. The fourth-order valence-electron chi connectivity index (χ4n) is 2.19. The van der Waals surface area contributed by atoms with E-state index in [1.54, 1.807) is 11.3 Å². The number of hydrogen-bond donors (Lipinski definition) is 1. The van der Waals surface area contributed by atoms with Crippen molar-refractivity contribution in [1.82, 2.24) is 5.43 Å². The van der Waals surface area contributed by atoms with E-state index in [0.29, 0.717) is 5.69 Å². The predicted molar refractivity (Wildman–Crippen MR) is 81.2 cm³/mol. The van der Waals surface area contributed by atoms with Gasteiger partial charge < -0.3 is 4.74 Å². The number of anilines is 1. The number of hydrazine groups is 1. The molecule has 0 saturated carbocycles. The first-order valence-corrected chi connectivity index (χ1v) is 6.92. The summed E-state index contributed by atoms with van der Waals surface area (Å²) in [5.41, 5.74) is 5.99. The van der Waals surface area contributed by atoms with Gasteiger partial charge in [0.25, 0.3) is 0 Å². The average molecular weight is 321 g/mol. The van der Waals surface area contributed by atoms with Gasteiger partial charge in [0.1, 0.15) is 18.3 Å². The molecule has 0 amide bonds. The van der Waals surface area contributed by atoms with Crippen LogP contribution in [0.1, 0.15) is 17.3 Å². The van der Waals surface area contributed by atoms with E-state index in [1.807, 2.05) is 31.2 Å². The molecule has 1 heterocycles. The number of aryl methyl sites for hydroxylation is 1. The highest BCUT2D eigenvalue weighted by molar-refractivity contribution is 5.80. The van der Waals surface area contributed by atoms with Crippen molar-refractivity contribution in [2.45, 2.75) is 19.5 Å². The zero-order valence-corrected chi connectivity index (χ0v) is 12.2. The summed E-state index contributed by atoms with van der Waals surface area (Å²) in [6.07, 6.45) is -3.31. The Morgan fingerprint density at radius 2 is 1.70 bits per heavy atom. The van der Waals surface area contributed by atoms with E-state index in [4.69, 9.17) is 0 Å². The minimum atomic E-state index is -4.69. The lowest BCUT2D eigenvalue weighted by Crippen LogP contribution is -2.33. The molecule has 0 radical (unpaired) electrons. The summed E-state index contributed by atoms with van der Waals surface area (Å²) < 4.78 is 40.3. The minimum absolute atomic E-state index is 0.221. The second-order valence-electron chi connectivity index (χ2n) is 5.12. The Bertz CT molecular complexity index is 696. The first-order chi connectivity index (χ1) is 10.9. The highest BCUT2D eigenvalue weighted by Gasteiger charge is 2.31. The largest absolute Gasteiger partial charge is 0.573 e. The van der Waals surface area contributed by atoms with E-state index in [-0.39, 0.29) is 11.9 Å². The molecule has 1 aliphatic heterocycles. The Hall–Kier alpha value is -2.54. The molecule has 0 fully saturated rings. The maximum atomic E-state index is 12.1. The third kappa shape index (κ3) is 3.81. The quantitative estimate of drug-likeness (QED) is 0.930. The van der Waals surface area contributed by atoms with Gasteiger partial charge in [-0.05, 0) is 36.8 Å². The zero-order chi connectivity index (χ0) is 16.4. The predicted octanol–water partition coefficient (Wildman–Crippen LogP) is 3.95. The van der Waals surface area contributed by atoms with Gasteiger partial charge in [-0.25, -0.2) is 4.99 Å². The van der Waals surface area contributed by atoms with Crippen LogP contribution in [0.2, 0.25) is 0 Å². The average Bonchev–Trinajstić information content (AvgIpc) is 2.97. The third-order valence-electron chi connectivity index (χ3n) is 3.33. The van der Waals surface area contributed by atoms with Crippen LogP contribution in [0.25, 0.3) is 0 Å². The number of rotatable bonds is 3. The minimum Gasteiger partial charge on any atom is -0.406 e. The molecule has 23 heavy (non-hydrogen) atoms. The van der Waals surface area contributed by atoms with Crippen LogP contribution >= 0.6 is 0 Å². The lowest BCUT2D eigenvalue weighted by molar-refractivity contribution is -0.274. The van der Waals surface area contributed by atoms with E-state index >= 15 is 0 Å². The Morgan fingerprint density at radius 1 is 1.04 bits per heavy atom. The van der Waals surface area contributed by atoms with Crippen LogP contribution < -0.4 is 15.2 Å². The highest BCUT2D eigenvalue weighted by atomic mass is 19.4. The van der Waals surface area contributed by atoms with Crippen molar-refractivity contribution in [3.05, 3.63) is 59.7 Å². The molecule has 1 unspecified atom stereocenters. The molecule has 120 valence electrons. The summed E-state index contributed by atoms with van der Waals surface area (Å²) in [5, 5.41) is 1.65. The van der Waals surface area contributed by atoms with Gasteiger partial charge in [-0.2, -0.15) is 5.43 Å². The van der Waals surface area contributed by atoms with Crippen LogP contribution in [0.5, 0.6) is 5.75 Å². The van der Waals surface area contributed by atoms with Crippen LogP contribution in [0.3, 0.4) is 0 Å². The van der Waals surface area contributed by atoms with Gasteiger partial charge in [0.05, 0.1) is 5.69 Å². The number of ether oxygens (including phenoxy) is 1. The summed E-state index contributed by atoms with van der Waals surface area (Å²) in [5.74, 6) is -0.257. The van der Waals surface area contributed by atoms with Gasteiger partial charge in [0.15, 0.2) is 0 Å². The molecule has 7 heteroatoms. The van der Waals surface area contributed by atoms with E-state index in [0.717, 1.165) is 11.1 Å². The molecule has 1 aliphatic rings. The van der Waals surface area contributed by atoms with Gasteiger partial charge in [-0.1, -0.05) is 29.8 Å². The molecule has 0 aromatic heterocycles. The molecular weight excluding hydrogens is 307 g/mol. The normalized spacial score (nSPS) is 17.6. The second kappa shape index (κ2) is 5.92. The van der Waals surface area contributed by atoms with Gasteiger partial charge in [0.2, 0.25) is 0 Å². The van der Waals surface area contributed by atoms with Gasteiger partial charge >= 0.3 is 6.36 Å². The standard InChI is InChI=1S/C16H14F3N3O/c1-11-2-4-12(5-3-11)15-20-10-22(21-15)13-6-8-14(9-7-13)23-16(17,18)19/h2-10,15,21H,1H3. The Labute approximate surface area is 131 Å². The second-order valence-corrected chi connectivity index (χ2v) is 5.12. The van der Waals surface area contributed by atoms with Crippen molar-refractivity contribution in [2.24, 2.45) is 4.99 Å². The van der Waals surface area contributed by atoms with Crippen LogP contribution in [0.15, 0.2) is 53.5 Å². The Balaban J connectivity index is 1.67. The fourth-order valence-corrected chi connectivity index (χ4v) is 2.19. The number of hydrogen-bond acceptors (Lipinski definition) is 4. The maximum absolute atomic E-state index is 12.1. The van der Waals surface area contributed by atoms with Crippen LogP contribution in [-0.2, 0) is 0 Å². The van der Waals surface area contributed by atoms with Crippen LogP contribution in [0, 0.1) is 6.92 Å². The molecular formula is C16H14F3N3O. The summed E-state index contributed by atoms with van der Waals surface area (Å²) in [7, 11) is 0. The molecule has 2 aromatic rings.